The van der Waals surface area contributed by atoms with E-state index in [1.807, 2.05) is 42.3 Å². The van der Waals surface area contributed by atoms with E-state index in [4.69, 9.17) is 4.42 Å². The predicted molar refractivity (Wildman–Crippen MR) is 88.8 cm³/mol. The van der Waals surface area contributed by atoms with Crippen LogP contribution in [-0.4, -0.2) is 27.5 Å². The van der Waals surface area contributed by atoms with Crippen molar-refractivity contribution in [3.05, 3.63) is 54.4 Å². The number of nitrogens with zero attached hydrogens (tertiary/aromatic N) is 2. The largest absolute Gasteiger partial charge is 0.459 e. The molecule has 0 aliphatic rings. The fourth-order valence-electron chi connectivity index (χ4n) is 2.30. The standard InChI is InChI=1S/C16H17N3O3S/c1-17-23(20,21)14-7-8-16(18-10-14)19(2)11-13-9-12-5-3-4-6-15(12)22-13/h3-10,17H,11H2,1-2H3. The first-order chi connectivity index (χ1) is 11.0. The van der Waals surface area contributed by atoms with Crippen LogP contribution < -0.4 is 9.62 Å². The average Bonchev–Trinajstić information content (AvgIpc) is 2.97. The summed E-state index contributed by atoms with van der Waals surface area (Å²) in [4.78, 5) is 6.24. The first-order valence-corrected chi connectivity index (χ1v) is 8.56. The zero-order valence-electron chi connectivity index (χ0n) is 12.9. The van der Waals surface area contributed by atoms with Gasteiger partial charge in [0.2, 0.25) is 10.0 Å². The van der Waals surface area contributed by atoms with Gasteiger partial charge in [0.1, 0.15) is 22.1 Å². The molecule has 0 amide bonds. The van der Waals surface area contributed by atoms with E-state index in [9.17, 15) is 8.42 Å². The van der Waals surface area contributed by atoms with Crippen LogP contribution in [0.2, 0.25) is 0 Å². The number of aromatic nitrogens is 1. The topological polar surface area (TPSA) is 75.4 Å². The highest BCUT2D eigenvalue weighted by Crippen LogP contribution is 2.21. The maximum atomic E-state index is 11.7. The number of hydrogen-bond donors (Lipinski definition) is 1. The highest BCUT2D eigenvalue weighted by molar-refractivity contribution is 7.89. The Balaban J connectivity index is 1.79. The number of hydrogen-bond acceptors (Lipinski definition) is 5. The number of rotatable bonds is 5. The molecule has 0 aliphatic carbocycles. The average molecular weight is 331 g/mol. The molecule has 0 spiro atoms. The van der Waals surface area contributed by atoms with E-state index in [-0.39, 0.29) is 4.90 Å². The van der Waals surface area contributed by atoms with Gasteiger partial charge in [-0.1, -0.05) is 18.2 Å². The van der Waals surface area contributed by atoms with Crippen molar-refractivity contribution in [2.75, 3.05) is 19.0 Å². The van der Waals surface area contributed by atoms with E-state index in [1.54, 1.807) is 6.07 Å². The molecule has 120 valence electrons. The van der Waals surface area contributed by atoms with Crippen molar-refractivity contribution in [3.8, 4) is 0 Å². The van der Waals surface area contributed by atoms with Crippen molar-refractivity contribution in [2.45, 2.75) is 11.4 Å². The summed E-state index contributed by atoms with van der Waals surface area (Å²) in [5.41, 5.74) is 0.847. The van der Waals surface area contributed by atoms with Crippen LogP contribution in [0.25, 0.3) is 11.0 Å². The first kappa shape index (κ1) is 15.5. The fourth-order valence-corrected chi connectivity index (χ4v) is 2.98. The van der Waals surface area contributed by atoms with Crippen molar-refractivity contribution < 1.29 is 12.8 Å². The van der Waals surface area contributed by atoms with Gasteiger partial charge < -0.3 is 9.32 Å². The van der Waals surface area contributed by atoms with Gasteiger partial charge in [0.05, 0.1) is 6.54 Å². The summed E-state index contributed by atoms with van der Waals surface area (Å²) in [6.45, 7) is 0.541. The van der Waals surface area contributed by atoms with E-state index >= 15 is 0 Å². The van der Waals surface area contributed by atoms with Gasteiger partial charge in [-0.15, -0.1) is 0 Å². The summed E-state index contributed by atoms with van der Waals surface area (Å²) in [7, 11) is -0.218. The summed E-state index contributed by atoms with van der Waals surface area (Å²) in [6, 6.07) is 13.0. The third-order valence-corrected chi connectivity index (χ3v) is 4.96. The maximum Gasteiger partial charge on any atom is 0.241 e. The minimum atomic E-state index is -3.47. The second-order valence-electron chi connectivity index (χ2n) is 5.17. The Morgan fingerprint density at radius 1 is 1.22 bits per heavy atom. The zero-order chi connectivity index (χ0) is 16.4. The maximum absolute atomic E-state index is 11.7. The molecule has 3 rings (SSSR count). The summed E-state index contributed by atoms with van der Waals surface area (Å²) in [5.74, 6) is 1.49. The van der Waals surface area contributed by atoms with Crippen LogP contribution in [0.1, 0.15) is 5.76 Å². The molecule has 7 heteroatoms. The van der Waals surface area contributed by atoms with Crippen molar-refractivity contribution in [1.29, 1.82) is 0 Å². The lowest BCUT2D eigenvalue weighted by Crippen LogP contribution is -2.20. The Labute approximate surface area is 134 Å². The van der Waals surface area contributed by atoms with Gasteiger partial charge in [0.25, 0.3) is 0 Å². The van der Waals surface area contributed by atoms with Gasteiger partial charge in [0.15, 0.2) is 0 Å². The molecule has 3 aromatic rings. The van der Waals surface area contributed by atoms with Gasteiger partial charge in [-0.05, 0) is 31.3 Å². The Kier molecular flexibility index (Phi) is 4.06. The molecule has 2 aromatic heterocycles. The van der Waals surface area contributed by atoms with Crippen molar-refractivity contribution >= 4 is 26.8 Å². The molecule has 1 N–H and O–H groups in total. The van der Waals surface area contributed by atoms with Gasteiger partial charge in [-0.3, -0.25) is 0 Å². The number of benzene rings is 1. The molecule has 2 heterocycles. The molecule has 0 bridgehead atoms. The quantitative estimate of drug-likeness (QED) is 0.777. The lowest BCUT2D eigenvalue weighted by molar-refractivity contribution is 0.545. The number of furan rings is 1. The Morgan fingerprint density at radius 3 is 2.65 bits per heavy atom. The lowest BCUT2D eigenvalue weighted by atomic mass is 10.2. The SMILES string of the molecule is CNS(=O)(=O)c1ccc(N(C)Cc2cc3ccccc3o2)nc1. The van der Waals surface area contributed by atoms with Crippen molar-refractivity contribution in [3.63, 3.8) is 0 Å². The number of anilines is 1. The van der Waals surface area contributed by atoms with Crippen molar-refractivity contribution in [2.24, 2.45) is 0 Å². The van der Waals surface area contributed by atoms with Crippen LogP contribution in [0, 0.1) is 0 Å². The van der Waals surface area contributed by atoms with Crippen molar-refractivity contribution in [1.82, 2.24) is 9.71 Å². The smallest absolute Gasteiger partial charge is 0.241 e. The number of nitrogens with one attached hydrogen (secondary N) is 1. The molecule has 23 heavy (non-hydrogen) atoms. The molecular formula is C16H17N3O3S. The lowest BCUT2D eigenvalue weighted by Gasteiger charge is -2.16. The van der Waals surface area contributed by atoms with E-state index in [1.165, 1.54) is 19.3 Å². The van der Waals surface area contributed by atoms with E-state index in [0.29, 0.717) is 12.4 Å². The molecular weight excluding hydrogens is 314 g/mol. The third-order valence-electron chi connectivity index (χ3n) is 3.56. The molecule has 0 unspecified atom stereocenters. The summed E-state index contributed by atoms with van der Waals surface area (Å²) in [6.07, 6.45) is 1.34. The monoisotopic (exact) mass is 331 g/mol. The fraction of sp³-hybridized carbons (Fsp3) is 0.188. The van der Waals surface area contributed by atoms with Crippen LogP contribution in [0.3, 0.4) is 0 Å². The molecule has 0 saturated heterocycles. The molecule has 0 radical (unpaired) electrons. The number of pyridine rings is 1. The third kappa shape index (κ3) is 3.20. The van der Waals surface area contributed by atoms with E-state index < -0.39 is 10.0 Å². The van der Waals surface area contributed by atoms with E-state index in [0.717, 1.165) is 16.7 Å². The molecule has 1 aromatic carbocycles. The summed E-state index contributed by atoms with van der Waals surface area (Å²) in [5, 5.41) is 1.05. The number of fused-ring (bicyclic) bond motifs is 1. The Morgan fingerprint density at radius 2 is 2.00 bits per heavy atom. The van der Waals surface area contributed by atoms with Crippen LogP contribution in [-0.2, 0) is 16.6 Å². The molecule has 0 saturated carbocycles. The second-order valence-corrected chi connectivity index (χ2v) is 7.05. The number of para-hydroxylation sites is 1. The van der Waals surface area contributed by atoms with Crippen LogP contribution in [0.15, 0.2) is 58.0 Å². The molecule has 0 atom stereocenters. The van der Waals surface area contributed by atoms with Gasteiger partial charge >= 0.3 is 0 Å². The van der Waals surface area contributed by atoms with E-state index in [2.05, 4.69) is 9.71 Å². The summed E-state index contributed by atoms with van der Waals surface area (Å²) < 4.78 is 31.4. The molecule has 0 aliphatic heterocycles. The molecule has 0 fully saturated rings. The summed E-state index contributed by atoms with van der Waals surface area (Å²) >= 11 is 0. The Hall–Kier alpha value is -2.38. The van der Waals surface area contributed by atoms with Crippen LogP contribution >= 0.6 is 0 Å². The predicted octanol–water partition coefficient (Wildman–Crippen LogP) is 2.37. The van der Waals surface area contributed by atoms with Crippen LogP contribution in [0.4, 0.5) is 5.82 Å². The Bertz CT molecular complexity index is 884. The van der Waals surface area contributed by atoms with Crippen LogP contribution in [0.5, 0.6) is 0 Å². The zero-order valence-corrected chi connectivity index (χ0v) is 13.7. The number of sulfonamides is 1. The minimum absolute atomic E-state index is 0.140. The van der Waals surface area contributed by atoms with Gasteiger partial charge in [-0.2, -0.15) is 0 Å². The molecule has 6 nitrogen and oxygen atoms in total. The normalized spacial score (nSPS) is 11.7. The highest BCUT2D eigenvalue weighted by Gasteiger charge is 2.13. The van der Waals surface area contributed by atoms with Gasteiger partial charge in [0, 0.05) is 18.6 Å². The second kappa shape index (κ2) is 6.02. The first-order valence-electron chi connectivity index (χ1n) is 7.08. The minimum Gasteiger partial charge on any atom is -0.459 e. The van der Waals surface area contributed by atoms with Gasteiger partial charge in [-0.25, -0.2) is 18.1 Å². The highest BCUT2D eigenvalue weighted by atomic mass is 32.2.